The Morgan fingerprint density at radius 1 is 1.24 bits per heavy atom. The van der Waals surface area contributed by atoms with Gasteiger partial charge in [-0.05, 0) is 50.5 Å². The van der Waals surface area contributed by atoms with E-state index >= 15 is 0 Å². The average molecular weight is 358 g/mol. The van der Waals surface area contributed by atoms with E-state index in [1.165, 1.54) is 0 Å². The first kappa shape index (κ1) is 17.7. The third kappa shape index (κ3) is 3.96. The van der Waals surface area contributed by atoms with Crippen molar-refractivity contribution in [3.05, 3.63) is 53.2 Å². The number of carbonyl (C=O) groups is 1. The first-order chi connectivity index (χ1) is 12.1. The molecule has 0 unspecified atom stereocenters. The maximum Gasteiger partial charge on any atom is 0.230 e. The van der Waals surface area contributed by atoms with Gasteiger partial charge in [0.25, 0.3) is 0 Å². The van der Waals surface area contributed by atoms with Crippen molar-refractivity contribution in [2.24, 2.45) is 5.92 Å². The van der Waals surface area contributed by atoms with Crippen molar-refractivity contribution in [1.29, 1.82) is 0 Å². The summed E-state index contributed by atoms with van der Waals surface area (Å²) in [6, 6.07) is 11.9. The number of piperidine rings is 1. The van der Waals surface area contributed by atoms with Gasteiger partial charge in [0, 0.05) is 37.4 Å². The molecule has 1 aliphatic heterocycles. The Kier molecular flexibility index (Phi) is 5.59. The fraction of sp³-hybridized carbons (Fsp3) is 0.400. The Morgan fingerprint density at radius 2 is 1.96 bits per heavy atom. The number of pyridine rings is 1. The van der Waals surface area contributed by atoms with Crippen molar-refractivity contribution < 1.29 is 4.79 Å². The molecule has 4 nitrogen and oxygen atoms in total. The van der Waals surface area contributed by atoms with Crippen LogP contribution < -0.4 is 9.80 Å². The van der Waals surface area contributed by atoms with Gasteiger partial charge in [0.15, 0.2) is 0 Å². The zero-order valence-corrected chi connectivity index (χ0v) is 15.5. The minimum absolute atomic E-state index is 0.0723. The molecule has 5 heteroatoms. The molecule has 2 aromatic rings. The van der Waals surface area contributed by atoms with Crippen LogP contribution in [-0.4, -0.2) is 30.5 Å². The number of aromatic nitrogens is 1. The quantitative estimate of drug-likeness (QED) is 0.817. The standard InChI is InChI=1S/C20H24ClN3O/c1-3-24(18-7-5-4-6-15(18)2)20(25)16-10-12-23(13-11-16)19-9-8-17(21)14-22-19/h4-9,14,16H,3,10-13H2,1-2H3. The SMILES string of the molecule is CCN(C(=O)C1CCN(c2ccc(Cl)cn2)CC1)c1ccccc1C. The van der Waals surface area contributed by atoms with E-state index in [0.29, 0.717) is 11.6 Å². The summed E-state index contributed by atoms with van der Waals surface area (Å²) in [5.74, 6) is 1.24. The van der Waals surface area contributed by atoms with Crippen LogP contribution in [0.1, 0.15) is 25.3 Å². The molecule has 0 spiro atoms. The van der Waals surface area contributed by atoms with Gasteiger partial charge in [-0.25, -0.2) is 4.98 Å². The molecule has 1 aromatic heterocycles. The van der Waals surface area contributed by atoms with Gasteiger partial charge in [0.2, 0.25) is 5.91 Å². The van der Waals surface area contributed by atoms with Gasteiger partial charge in [0.1, 0.15) is 5.82 Å². The summed E-state index contributed by atoms with van der Waals surface area (Å²) in [4.78, 5) is 21.6. The second-order valence-corrected chi connectivity index (χ2v) is 6.90. The molecule has 1 fully saturated rings. The fourth-order valence-corrected chi connectivity index (χ4v) is 3.55. The molecule has 3 rings (SSSR count). The Labute approximate surface area is 154 Å². The Morgan fingerprint density at radius 3 is 2.56 bits per heavy atom. The Bertz CT molecular complexity index is 724. The molecule has 1 amide bonds. The Balaban J connectivity index is 1.66. The van der Waals surface area contributed by atoms with Gasteiger partial charge < -0.3 is 9.80 Å². The number of para-hydroxylation sites is 1. The number of anilines is 2. The first-order valence-electron chi connectivity index (χ1n) is 8.83. The van der Waals surface area contributed by atoms with E-state index in [9.17, 15) is 4.79 Å². The maximum atomic E-state index is 13.0. The van der Waals surface area contributed by atoms with Crippen LogP contribution in [0.4, 0.5) is 11.5 Å². The zero-order chi connectivity index (χ0) is 17.8. The van der Waals surface area contributed by atoms with Crippen molar-refractivity contribution >= 4 is 29.0 Å². The molecular formula is C20H24ClN3O. The molecule has 2 heterocycles. The zero-order valence-electron chi connectivity index (χ0n) is 14.8. The predicted molar refractivity (Wildman–Crippen MR) is 103 cm³/mol. The molecular weight excluding hydrogens is 334 g/mol. The van der Waals surface area contributed by atoms with Crippen LogP contribution in [-0.2, 0) is 4.79 Å². The molecule has 1 aromatic carbocycles. The van der Waals surface area contributed by atoms with E-state index in [1.54, 1.807) is 6.20 Å². The van der Waals surface area contributed by atoms with E-state index < -0.39 is 0 Å². The number of hydrogen-bond acceptors (Lipinski definition) is 3. The highest BCUT2D eigenvalue weighted by atomic mass is 35.5. The molecule has 0 saturated carbocycles. The third-order valence-electron chi connectivity index (χ3n) is 4.87. The van der Waals surface area contributed by atoms with Gasteiger partial charge in [-0.3, -0.25) is 4.79 Å². The molecule has 0 N–H and O–H groups in total. The number of rotatable bonds is 4. The lowest BCUT2D eigenvalue weighted by Crippen LogP contribution is -2.43. The number of nitrogens with zero attached hydrogens (tertiary/aromatic N) is 3. The second kappa shape index (κ2) is 7.87. The molecule has 0 bridgehead atoms. The molecule has 0 atom stereocenters. The summed E-state index contributed by atoms with van der Waals surface area (Å²) in [6.45, 7) is 6.48. The fourth-order valence-electron chi connectivity index (χ4n) is 3.44. The van der Waals surface area contributed by atoms with Crippen LogP contribution in [0.5, 0.6) is 0 Å². The van der Waals surface area contributed by atoms with E-state index in [1.807, 2.05) is 42.2 Å². The second-order valence-electron chi connectivity index (χ2n) is 6.46. The molecule has 0 radical (unpaired) electrons. The smallest absolute Gasteiger partial charge is 0.230 e. The van der Waals surface area contributed by atoms with Gasteiger partial charge in [-0.15, -0.1) is 0 Å². The molecule has 1 saturated heterocycles. The number of benzene rings is 1. The third-order valence-corrected chi connectivity index (χ3v) is 5.09. The van der Waals surface area contributed by atoms with Crippen molar-refractivity contribution in [3.8, 4) is 0 Å². The molecule has 25 heavy (non-hydrogen) atoms. The summed E-state index contributed by atoms with van der Waals surface area (Å²) in [5.41, 5.74) is 2.16. The minimum Gasteiger partial charge on any atom is -0.357 e. The van der Waals surface area contributed by atoms with E-state index in [2.05, 4.69) is 22.9 Å². The largest absolute Gasteiger partial charge is 0.357 e. The highest BCUT2D eigenvalue weighted by Crippen LogP contribution is 2.27. The maximum absolute atomic E-state index is 13.0. The lowest BCUT2D eigenvalue weighted by molar-refractivity contribution is -0.122. The van der Waals surface area contributed by atoms with Crippen molar-refractivity contribution in [3.63, 3.8) is 0 Å². The normalized spacial score (nSPS) is 15.2. The monoisotopic (exact) mass is 357 g/mol. The van der Waals surface area contributed by atoms with Crippen LogP contribution in [0.25, 0.3) is 0 Å². The lowest BCUT2D eigenvalue weighted by atomic mass is 9.94. The van der Waals surface area contributed by atoms with Crippen LogP contribution in [0.3, 0.4) is 0 Å². The van der Waals surface area contributed by atoms with Gasteiger partial charge in [0.05, 0.1) is 5.02 Å². The first-order valence-corrected chi connectivity index (χ1v) is 9.21. The van der Waals surface area contributed by atoms with Crippen molar-refractivity contribution in [2.75, 3.05) is 29.4 Å². The van der Waals surface area contributed by atoms with E-state index in [4.69, 9.17) is 11.6 Å². The lowest BCUT2D eigenvalue weighted by Gasteiger charge is -2.35. The van der Waals surface area contributed by atoms with Gasteiger partial charge in [-0.2, -0.15) is 0 Å². The van der Waals surface area contributed by atoms with Crippen molar-refractivity contribution in [1.82, 2.24) is 4.98 Å². The highest BCUT2D eigenvalue weighted by molar-refractivity contribution is 6.30. The number of aryl methyl sites for hydroxylation is 1. The number of amides is 1. The minimum atomic E-state index is 0.0723. The van der Waals surface area contributed by atoms with Gasteiger partial charge >= 0.3 is 0 Å². The molecule has 132 valence electrons. The van der Waals surface area contributed by atoms with Crippen LogP contribution in [0.2, 0.25) is 5.02 Å². The number of halogens is 1. The van der Waals surface area contributed by atoms with Crippen molar-refractivity contribution in [2.45, 2.75) is 26.7 Å². The summed E-state index contributed by atoms with van der Waals surface area (Å²) in [6.07, 6.45) is 3.38. The summed E-state index contributed by atoms with van der Waals surface area (Å²) >= 11 is 5.91. The predicted octanol–water partition coefficient (Wildman–Crippen LogP) is 4.31. The highest BCUT2D eigenvalue weighted by Gasteiger charge is 2.29. The Hall–Kier alpha value is -2.07. The molecule has 0 aliphatic carbocycles. The van der Waals surface area contributed by atoms with Crippen LogP contribution in [0, 0.1) is 12.8 Å². The summed E-state index contributed by atoms with van der Waals surface area (Å²) in [7, 11) is 0. The van der Waals surface area contributed by atoms with Crippen LogP contribution >= 0.6 is 11.6 Å². The van der Waals surface area contributed by atoms with E-state index in [0.717, 1.165) is 43.0 Å². The number of hydrogen-bond donors (Lipinski definition) is 0. The average Bonchev–Trinajstić information content (AvgIpc) is 2.64. The van der Waals surface area contributed by atoms with E-state index in [-0.39, 0.29) is 11.8 Å². The summed E-state index contributed by atoms with van der Waals surface area (Å²) in [5, 5.41) is 0.644. The number of carbonyl (C=O) groups excluding carboxylic acids is 1. The topological polar surface area (TPSA) is 36.4 Å². The summed E-state index contributed by atoms with van der Waals surface area (Å²) < 4.78 is 0. The molecule has 1 aliphatic rings. The van der Waals surface area contributed by atoms with Gasteiger partial charge in [-0.1, -0.05) is 29.8 Å². The van der Waals surface area contributed by atoms with Crippen LogP contribution in [0.15, 0.2) is 42.6 Å².